The molecule has 0 aromatic heterocycles. The average Bonchev–Trinajstić information content (AvgIpc) is 2.74. The lowest BCUT2D eigenvalue weighted by atomic mass is 9.91. The van der Waals surface area contributed by atoms with Gasteiger partial charge in [-0.2, -0.15) is 5.26 Å². The molecule has 0 saturated carbocycles. The Kier molecular flexibility index (Phi) is 6.22. The van der Waals surface area contributed by atoms with E-state index in [2.05, 4.69) is 0 Å². The van der Waals surface area contributed by atoms with Gasteiger partial charge in [-0.05, 0) is 34.9 Å². The topological polar surface area (TPSA) is 59.3 Å². The van der Waals surface area contributed by atoms with Gasteiger partial charge in [-0.3, -0.25) is 4.79 Å². The molecule has 3 rings (SSSR count). The normalized spacial score (nSPS) is 10.6. The first-order valence-corrected chi connectivity index (χ1v) is 8.78. The summed E-state index contributed by atoms with van der Waals surface area (Å²) in [4.78, 5) is 13.1. The summed E-state index contributed by atoms with van der Waals surface area (Å²) < 4.78 is 11.1. The first-order chi connectivity index (χ1) is 13.7. The second kappa shape index (κ2) is 9.20. The second-order valence-electron chi connectivity index (χ2n) is 6.05. The van der Waals surface area contributed by atoms with Crippen molar-refractivity contribution in [3.8, 4) is 17.6 Å². The van der Waals surface area contributed by atoms with Crippen molar-refractivity contribution in [1.82, 2.24) is 0 Å². The molecule has 138 valence electrons. The number of benzene rings is 3. The molecule has 0 amide bonds. The molecule has 3 aromatic carbocycles. The number of esters is 1. The van der Waals surface area contributed by atoms with Crippen LogP contribution in [-0.4, -0.2) is 13.1 Å². The number of hydrogen-bond acceptors (Lipinski definition) is 4. The van der Waals surface area contributed by atoms with Crippen LogP contribution in [0.1, 0.15) is 22.6 Å². The molecule has 0 aliphatic carbocycles. The van der Waals surface area contributed by atoms with Crippen molar-refractivity contribution < 1.29 is 14.3 Å². The van der Waals surface area contributed by atoms with Crippen LogP contribution in [0.5, 0.6) is 11.5 Å². The standard InChI is InChI=1S/C24H19NO3/c1-27-22-17-18(9-8-16-25)14-15-21(22)28-24(26)23(19-10-4-2-5-11-19)20-12-6-3-7-13-20/h2-15,17,23H,1H3/b9-8-. The molecule has 3 aromatic rings. The fraction of sp³-hybridized carbons (Fsp3) is 0.0833. The van der Waals surface area contributed by atoms with Gasteiger partial charge in [-0.15, -0.1) is 0 Å². The fourth-order valence-corrected chi connectivity index (χ4v) is 2.93. The Bertz CT molecular complexity index is 966. The molecule has 0 radical (unpaired) electrons. The molecular weight excluding hydrogens is 350 g/mol. The highest BCUT2D eigenvalue weighted by atomic mass is 16.6. The van der Waals surface area contributed by atoms with E-state index < -0.39 is 11.9 Å². The smallest absolute Gasteiger partial charge is 0.323 e. The molecule has 0 aliphatic heterocycles. The number of allylic oxidation sites excluding steroid dienone is 1. The molecule has 0 heterocycles. The molecule has 0 aliphatic rings. The van der Waals surface area contributed by atoms with Crippen molar-refractivity contribution in [2.75, 3.05) is 7.11 Å². The summed E-state index contributed by atoms with van der Waals surface area (Å²) in [6, 6.07) is 26.1. The Balaban J connectivity index is 1.93. The Morgan fingerprint density at radius 1 is 0.929 bits per heavy atom. The molecule has 0 bridgehead atoms. The highest BCUT2D eigenvalue weighted by Crippen LogP contribution is 2.32. The van der Waals surface area contributed by atoms with Gasteiger partial charge in [0, 0.05) is 6.08 Å². The Hall–Kier alpha value is -3.84. The van der Waals surface area contributed by atoms with E-state index in [1.165, 1.54) is 13.2 Å². The summed E-state index contributed by atoms with van der Waals surface area (Å²) in [7, 11) is 1.51. The minimum Gasteiger partial charge on any atom is -0.493 e. The molecule has 0 fully saturated rings. The number of hydrogen-bond donors (Lipinski definition) is 0. The van der Waals surface area contributed by atoms with Crippen LogP contribution in [0.2, 0.25) is 0 Å². The van der Waals surface area contributed by atoms with E-state index >= 15 is 0 Å². The van der Waals surface area contributed by atoms with E-state index in [4.69, 9.17) is 14.7 Å². The zero-order valence-corrected chi connectivity index (χ0v) is 15.4. The third-order valence-electron chi connectivity index (χ3n) is 4.25. The van der Waals surface area contributed by atoms with Gasteiger partial charge in [0.15, 0.2) is 11.5 Å². The predicted octanol–water partition coefficient (Wildman–Crippen LogP) is 4.97. The summed E-state index contributed by atoms with van der Waals surface area (Å²) in [5.41, 5.74) is 2.48. The molecule has 0 spiro atoms. The highest BCUT2D eigenvalue weighted by molar-refractivity contribution is 5.84. The van der Waals surface area contributed by atoms with Gasteiger partial charge in [0.25, 0.3) is 0 Å². The Morgan fingerprint density at radius 3 is 2.07 bits per heavy atom. The van der Waals surface area contributed by atoms with Crippen LogP contribution in [0.15, 0.2) is 84.9 Å². The average molecular weight is 369 g/mol. The van der Waals surface area contributed by atoms with Gasteiger partial charge in [0.1, 0.15) is 5.92 Å². The first kappa shape index (κ1) is 18.9. The van der Waals surface area contributed by atoms with Gasteiger partial charge in [0.2, 0.25) is 0 Å². The van der Waals surface area contributed by atoms with Gasteiger partial charge in [-0.25, -0.2) is 0 Å². The maximum absolute atomic E-state index is 13.1. The van der Waals surface area contributed by atoms with Crippen molar-refractivity contribution in [2.45, 2.75) is 5.92 Å². The van der Waals surface area contributed by atoms with E-state index in [1.807, 2.05) is 66.7 Å². The van der Waals surface area contributed by atoms with E-state index in [0.717, 1.165) is 16.7 Å². The summed E-state index contributed by atoms with van der Waals surface area (Å²) in [5.74, 6) is -0.187. The van der Waals surface area contributed by atoms with Crippen LogP contribution in [0.25, 0.3) is 6.08 Å². The lowest BCUT2D eigenvalue weighted by molar-refractivity contribution is -0.135. The zero-order valence-electron chi connectivity index (χ0n) is 15.4. The van der Waals surface area contributed by atoms with Crippen molar-refractivity contribution in [3.63, 3.8) is 0 Å². The molecule has 4 nitrogen and oxygen atoms in total. The van der Waals surface area contributed by atoms with E-state index in [9.17, 15) is 4.79 Å². The second-order valence-corrected chi connectivity index (χ2v) is 6.05. The lowest BCUT2D eigenvalue weighted by Gasteiger charge is -2.18. The number of nitrogens with zero attached hydrogens (tertiary/aromatic N) is 1. The van der Waals surface area contributed by atoms with Crippen LogP contribution in [0.4, 0.5) is 0 Å². The number of rotatable bonds is 6. The third kappa shape index (κ3) is 4.46. The van der Waals surface area contributed by atoms with Crippen LogP contribution < -0.4 is 9.47 Å². The molecule has 0 atom stereocenters. The molecule has 0 unspecified atom stereocenters. The van der Waals surface area contributed by atoms with Crippen LogP contribution in [0, 0.1) is 11.3 Å². The molecule has 28 heavy (non-hydrogen) atoms. The van der Waals surface area contributed by atoms with Crippen LogP contribution in [-0.2, 0) is 4.79 Å². The fourth-order valence-electron chi connectivity index (χ4n) is 2.93. The molecule has 0 N–H and O–H groups in total. The van der Waals surface area contributed by atoms with Crippen LogP contribution in [0.3, 0.4) is 0 Å². The number of nitriles is 1. The Labute approximate surface area is 164 Å². The summed E-state index contributed by atoms with van der Waals surface area (Å²) in [6.07, 6.45) is 3.03. The van der Waals surface area contributed by atoms with Crippen molar-refractivity contribution in [3.05, 3.63) is 102 Å². The zero-order chi connectivity index (χ0) is 19.8. The number of ether oxygens (including phenoxy) is 2. The van der Waals surface area contributed by atoms with E-state index in [0.29, 0.717) is 11.5 Å². The van der Waals surface area contributed by atoms with Gasteiger partial charge in [-0.1, -0.05) is 66.7 Å². The number of methoxy groups -OCH3 is 1. The quantitative estimate of drug-likeness (QED) is 0.350. The molecular formula is C24H19NO3. The van der Waals surface area contributed by atoms with Crippen molar-refractivity contribution in [1.29, 1.82) is 5.26 Å². The van der Waals surface area contributed by atoms with Gasteiger partial charge >= 0.3 is 5.97 Å². The summed E-state index contributed by atoms with van der Waals surface area (Å²) in [6.45, 7) is 0. The summed E-state index contributed by atoms with van der Waals surface area (Å²) in [5, 5.41) is 8.67. The maximum atomic E-state index is 13.1. The van der Waals surface area contributed by atoms with Crippen LogP contribution >= 0.6 is 0 Å². The minimum atomic E-state index is -0.551. The number of carbonyl (C=O) groups is 1. The minimum absolute atomic E-state index is 0.332. The van der Waals surface area contributed by atoms with E-state index in [-0.39, 0.29) is 0 Å². The SMILES string of the molecule is COc1cc(/C=C\C#N)ccc1OC(=O)C(c1ccccc1)c1ccccc1. The first-order valence-electron chi connectivity index (χ1n) is 8.78. The highest BCUT2D eigenvalue weighted by Gasteiger charge is 2.25. The van der Waals surface area contributed by atoms with E-state index in [1.54, 1.807) is 24.3 Å². The lowest BCUT2D eigenvalue weighted by Crippen LogP contribution is -2.20. The number of carbonyl (C=O) groups excluding carboxylic acids is 1. The van der Waals surface area contributed by atoms with Crippen molar-refractivity contribution >= 4 is 12.0 Å². The maximum Gasteiger partial charge on any atom is 0.323 e. The van der Waals surface area contributed by atoms with Gasteiger partial charge < -0.3 is 9.47 Å². The van der Waals surface area contributed by atoms with Crippen molar-refractivity contribution in [2.24, 2.45) is 0 Å². The monoisotopic (exact) mass is 369 g/mol. The molecule has 4 heteroatoms. The van der Waals surface area contributed by atoms with Gasteiger partial charge in [0.05, 0.1) is 13.2 Å². The summed E-state index contributed by atoms with van der Waals surface area (Å²) >= 11 is 0. The third-order valence-corrected chi connectivity index (χ3v) is 4.25. The Morgan fingerprint density at radius 2 is 1.54 bits per heavy atom. The molecule has 0 saturated heterocycles. The largest absolute Gasteiger partial charge is 0.493 e. The predicted molar refractivity (Wildman–Crippen MR) is 108 cm³/mol.